The molecule has 0 saturated heterocycles. The van der Waals surface area contributed by atoms with Gasteiger partial charge in [0.2, 0.25) is 15.9 Å². The van der Waals surface area contributed by atoms with E-state index in [-0.39, 0.29) is 17.7 Å². The molecule has 2 amide bonds. The number of amides is 2. The van der Waals surface area contributed by atoms with Gasteiger partial charge >= 0.3 is 0 Å². The number of rotatable bonds is 6. The van der Waals surface area contributed by atoms with Crippen molar-refractivity contribution in [3.63, 3.8) is 0 Å². The molecule has 2 N–H and O–H groups in total. The molecule has 7 nitrogen and oxygen atoms in total. The number of fused-ring (bicyclic) bond motifs is 1. The van der Waals surface area contributed by atoms with E-state index in [1.807, 2.05) is 0 Å². The summed E-state index contributed by atoms with van der Waals surface area (Å²) in [5.41, 5.74) is 1.19. The average Bonchev–Trinajstić information content (AvgIpc) is 3.47. The summed E-state index contributed by atoms with van der Waals surface area (Å²) in [7, 11) is -3.42. The van der Waals surface area contributed by atoms with Crippen LogP contribution in [0, 0.1) is 11.8 Å². The summed E-state index contributed by atoms with van der Waals surface area (Å²) < 4.78 is 25.7. The molecule has 2 heterocycles. The fourth-order valence-corrected chi connectivity index (χ4v) is 5.81. The van der Waals surface area contributed by atoms with Gasteiger partial charge in [-0.05, 0) is 44.4 Å². The van der Waals surface area contributed by atoms with Crippen molar-refractivity contribution in [3.05, 3.63) is 11.1 Å². The second-order valence-corrected chi connectivity index (χ2v) is 10.4. The zero-order valence-electron chi connectivity index (χ0n) is 14.7. The molecular formula is C17H23N3O4S2. The quantitative estimate of drug-likeness (QED) is 0.767. The van der Waals surface area contributed by atoms with Crippen molar-refractivity contribution >= 4 is 43.2 Å². The minimum absolute atomic E-state index is 0.0162. The lowest BCUT2D eigenvalue weighted by molar-refractivity contribution is -0.117. The summed E-state index contributed by atoms with van der Waals surface area (Å²) in [4.78, 5) is 25.1. The second-order valence-electron chi connectivity index (χ2n) is 7.45. The van der Waals surface area contributed by atoms with Crippen molar-refractivity contribution in [3.8, 4) is 0 Å². The van der Waals surface area contributed by atoms with Crippen LogP contribution in [-0.4, -0.2) is 39.6 Å². The van der Waals surface area contributed by atoms with Crippen LogP contribution in [0.4, 0.5) is 10.0 Å². The molecule has 2 saturated carbocycles. The van der Waals surface area contributed by atoms with Crippen LogP contribution in [0.5, 0.6) is 0 Å². The van der Waals surface area contributed by atoms with Gasteiger partial charge < -0.3 is 10.6 Å². The summed E-state index contributed by atoms with van der Waals surface area (Å²) in [5, 5.41) is 6.89. The van der Waals surface area contributed by atoms with Gasteiger partial charge in [-0.1, -0.05) is 11.3 Å². The summed E-state index contributed by atoms with van der Waals surface area (Å²) in [6, 6.07) is 0. The Morgan fingerprint density at radius 2 is 1.96 bits per heavy atom. The maximum absolute atomic E-state index is 12.8. The van der Waals surface area contributed by atoms with E-state index in [1.54, 1.807) is 0 Å². The third-order valence-electron chi connectivity index (χ3n) is 5.06. The monoisotopic (exact) mass is 397 g/mol. The van der Waals surface area contributed by atoms with E-state index in [2.05, 4.69) is 10.6 Å². The molecule has 1 aliphatic heterocycles. The van der Waals surface area contributed by atoms with E-state index in [0.717, 1.165) is 31.2 Å². The molecule has 9 heteroatoms. The Hall–Kier alpha value is -1.61. The third kappa shape index (κ3) is 3.59. The maximum atomic E-state index is 12.8. The van der Waals surface area contributed by atoms with Gasteiger partial charge in [-0.3, -0.25) is 13.9 Å². The van der Waals surface area contributed by atoms with Gasteiger partial charge in [0.15, 0.2) is 0 Å². The molecule has 0 atom stereocenters. The van der Waals surface area contributed by atoms with Gasteiger partial charge in [0.1, 0.15) is 10.0 Å². The number of hydrogen-bond donors (Lipinski definition) is 2. The lowest BCUT2D eigenvalue weighted by atomic mass is 10.0. The van der Waals surface area contributed by atoms with Gasteiger partial charge in [0, 0.05) is 24.6 Å². The Kier molecular flexibility index (Phi) is 4.46. The van der Waals surface area contributed by atoms with Crippen molar-refractivity contribution in [1.82, 2.24) is 5.32 Å². The van der Waals surface area contributed by atoms with E-state index >= 15 is 0 Å². The Morgan fingerprint density at radius 1 is 1.23 bits per heavy atom. The predicted octanol–water partition coefficient (Wildman–Crippen LogP) is 1.95. The standard InChI is InChI=1S/C17H23N3O4S2/c1-26(23,24)20-8-2-3-12-13(15(22)18-9-10-4-5-10)16(25-17(12)20)19-14(21)11-6-7-11/h10-11H,2-9H2,1H3,(H,18,22)(H,19,21). The number of thiophene rings is 1. The van der Waals surface area contributed by atoms with Crippen LogP contribution < -0.4 is 14.9 Å². The molecule has 142 valence electrons. The van der Waals surface area contributed by atoms with Gasteiger partial charge in [-0.25, -0.2) is 8.42 Å². The highest BCUT2D eigenvalue weighted by molar-refractivity contribution is 7.92. The highest BCUT2D eigenvalue weighted by Crippen LogP contribution is 2.45. The molecule has 0 spiro atoms. The second kappa shape index (κ2) is 6.53. The first-order chi connectivity index (χ1) is 12.3. The van der Waals surface area contributed by atoms with Gasteiger partial charge in [0.05, 0.1) is 11.8 Å². The molecule has 0 radical (unpaired) electrons. The molecule has 4 rings (SSSR count). The minimum Gasteiger partial charge on any atom is -0.352 e. The summed E-state index contributed by atoms with van der Waals surface area (Å²) >= 11 is 1.20. The highest BCUT2D eigenvalue weighted by Gasteiger charge is 2.36. The van der Waals surface area contributed by atoms with Crippen LogP contribution in [0.3, 0.4) is 0 Å². The predicted molar refractivity (Wildman–Crippen MR) is 101 cm³/mol. The smallest absolute Gasteiger partial charge is 0.254 e. The minimum atomic E-state index is -3.42. The Labute approximate surface area is 157 Å². The maximum Gasteiger partial charge on any atom is 0.254 e. The number of nitrogens with one attached hydrogen (secondary N) is 2. The number of sulfonamides is 1. The fourth-order valence-electron chi connectivity index (χ4n) is 3.24. The molecular weight excluding hydrogens is 374 g/mol. The van der Waals surface area contributed by atoms with Crippen molar-refractivity contribution < 1.29 is 18.0 Å². The Balaban J connectivity index is 1.69. The van der Waals surface area contributed by atoms with Crippen LogP contribution in [0.1, 0.15) is 48.0 Å². The van der Waals surface area contributed by atoms with Crippen molar-refractivity contribution in [1.29, 1.82) is 0 Å². The van der Waals surface area contributed by atoms with Crippen LogP contribution in [-0.2, 0) is 21.2 Å². The molecule has 1 aromatic rings. The fraction of sp³-hybridized carbons (Fsp3) is 0.647. The number of anilines is 2. The Morgan fingerprint density at radius 3 is 2.58 bits per heavy atom. The number of nitrogens with zero attached hydrogens (tertiary/aromatic N) is 1. The molecule has 26 heavy (non-hydrogen) atoms. The van der Waals surface area contributed by atoms with Gasteiger partial charge in [-0.15, -0.1) is 0 Å². The van der Waals surface area contributed by atoms with Crippen LogP contribution in [0.25, 0.3) is 0 Å². The van der Waals surface area contributed by atoms with Gasteiger partial charge in [-0.2, -0.15) is 0 Å². The zero-order chi connectivity index (χ0) is 18.5. The zero-order valence-corrected chi connectivity index (χ0v) is 16.3. The first-order valence-corrected chi connectivity index (χ1v) is 11.7. The normalized spacial score (nSPS) is 19.8. The highest BCUT2D eigenvalue weighted by atomic mass is 32.2. The van der Waals surface area contributed by atoms with E-state index in [0.29, 0.717) is 47.4 Å². The number of carbonyl (C=O) groups is 2. The van der Waals surface area contributed by atoms with E-state index in [4.69, 9.17) is 0 Å². The van der Waals surface area contributed by atoms with E-state index in [1.165, 1.54) is 21.9 Å². The summed E-state index contributed by atoms with van der Waals surface area (Å²) in [6.45, 7) is 1.04. The molecule has 0 unspecified atom stereocenters. The molecule has 0 aromatic carbocycles. The molecule has 2 fully saturated rings. The van der Waals surface area contributed by atoms with Crippen LogP contribution in [0.15, 0.2) is 0 Å². The third-order valence-corrected chi connectivity index (χ3v) is 7.51. The average molecular weight is 398 g/mol. The molecule has 3 aliphatic rings. The van der Waals surface area contributed by atoms with Crippen molar-refractivity contribution in [2.45, 2.75) is 38.5 Å². The van der Waals surface area contributed by atoms with Crippen LogP contribution in [0.2, 0.25) is 0 Å². The lowest BCUT2D eigenvalue weighted by Gasteiger charge is -2.26. The molecule has 2 aliphatic carbocycles. The van der Waals surface area contributed by atoms with Crippen molar-refractivity contribution in [2.75, 3.05) is 29.0 Å². The molecule has 0 bridgehead atoms. The van der Waals surface area contributed by atoms with Gasteiger partial charge in [0.25, 0.3) is 5.91 Å². The van der Waals surface area contributed by atoms with Crippen molar-refractivity contribution in [2.24, 2.45) is 11.8 Å². The van der Waals surface area contributed by atoms with E-state index in [9.17, 15) is 18.0 Å². The summed E-state index contributed by atoms with van der Waals surface area (Å²) in [6.07, 6.45) is 6.49. The van der Waals surface area contributed by atoms with E-state index < -0.39 is 10.0 Å². The first kappa shape index (κ1) is 17.8. The largest absolute Gasteiger partial charge is 0.352 e. The lowest BCUT2D eigenvalue weighted by Crippen LogP contribution is -2.34. The number of carbonyl (C=O) groups excluding carboxylic acids is 2. The van der Waals surface area contributed by atoms with Crippen LogP contribution >= 0.6 is 11.3 Å². The SMILES string of the molecule is CS(=O)(=O)N1CCCc2c1sc(NC(=O)C1CC1)c2C(=O)NCC1CC1. The number of hydrogen-bond acceptors (Lipinski definition) is 5. The topological polar surface area (TPSA) is 95.6 Å². The first-order valence-electron chi connectivity index (χ1n) is 9.07. The Bertz CT molecular complexity index is 854. The summed E-state index contributed by atoms with van der Waals surface area (Å²) in [5.74, 6) is 0.273. The molecule has 1 aromatic heterocycles.